The number of hydrogen-bond acceptors (Lipinski definition) is 3. The summed E-state index contributed by atoms with van der Waals surface area (Å²) in [6, 6.07) is 8.06. The van der Waals surface area contributed by atoms with Gasteiger partial charge in [-0.05, 0) is 69.4 Å². The van der Waals surface area contributed by atoms with E-state index in [1.807, 2.05) is 12.1 Å². The number of aromatic nitrogens is 2. The molecule has 1 fully saturated rings. The van der Waals surface area contributed by atoms with Crippen molar-refractivity contribution in [2.24, 2.45) is 0 Å². The SMILES string of the molecule is Cc1cc(CNC(=O)c2cccnc2N2CCCCC2)c2[nH]c(C)c(C)c2c1. The number of hydrogen-bond donors (Lipinski definition) is 2. The van der Waals surface area contributed by atoms with Crippen LogP contribution in [-0.2, 0) is 6.54 Å². The van der Waals surface area contributed by atoms with Gasteiger partial charge in [0.2, 0.25) is 0 Å². The van der Waals surface area contributed by atoms with Gasteiger partial charge in [0, 0.05) is 36.9 Å². The second-order valence-corrected chi connectivity index (χ2v) is 7.83. The zero-order chi connectivity index (χ0) is 19.7. The average molecular weight is 377 g/mol. The maximum Gasteiger partial charge on any atom is 0.255 e. The molecule has 0 spiro atoms. The van der Waals surface area contributed by atoms with Crippen molar-refractivity contribution < 1.29 is 4.79 Å². The van der Waals surface area contributed by atoms with Crippen LogP contribution >= 0.6 is 0 Å². The third kappa shape index (κ3) is 3.49. The lowest BCUT2D eigenvalue weighted by Crippen LogP contribution is -2.33. The van der Waals surface area contributed by atoms with Gasteiger partial charge in [0.1, 0.15) is 5.82 Å². The number of nitrogens with zero attached hydrogens (tertiary/aromatic N) is 2. The Bertz CT molecular complexity index is 1010. The summed E-state index contributed by atoms with van der Waals surface area (Å²) in [5, 5.41) is 4.35. The molecule has 0 saturated carbocycles. The first-order valence-electron chi connectivity index (χ1n) is 10.1. The lowest BCUT2D eigenvalue weighted by atomic mass is 10.0. The number of anilines is 1. The number of nitrogens with one attached hydrogen (secondary N) is 2. The quantitative estimate of drug-likeness (QED) is 0.709. The van der Waals surface area contributed by atoms with E-state index < -0.39 is 0 Å². The van der Waals surface area contributed by atoms with E-state index in [9.17, 15) is 4.79 Å². The Hall–Kier alpha value is -2.82. The van der Waals surface area contributed by atoms with Crippen LogP contribution in [-0.4, -0.2) is 29.0 Å². The Morgan fingerprint density at radius 3 is 2.75 bits per heavy atom. The molecule has 2 N–H and O–H groups in total. The van der Waals surface area contributed by atoms with Crippen molar-refractivity contribution in [1.82, 2.24) is 15.3 Å². The highest BCUT2D eigenvalue weighted by molar-refractivity contribution is 5.99. The first-order valence-corrected chi connectivity index (χ1v) is 10.1. The number of amides is 1. The Kier molecular flexibility index (Phi) is 5.07. The predicted octanol–water partition coefficient (Wildman–Crippen LogP) is 4.41. The molecule has 3 heterocycles. The number of aromatic amines is 1. The number of piperidine rings is 1. The van der Waals surface area contributed by atoms with Crippen LogP contribution in [0.4, 0.5) is 5.82 Å². The van der Waals surface area contributed by atoms with Gasteiger partial charge >= 0.3 is 0 Å². The lowest BCUT2D eigenvalue weighted by molar-refractivity contribution is 0.0951. The minimum atomic E-state index is -0.0664. The Labute approximate surface area is 166 Å². The highest BCUT2D eigenvalue weighted by Crippen LogP contribution is 2.26. The van der Waals surface area contributed by atoms with Gasteiger partial charge in [0.15, 0.2) is 0 Å². The van der Waals surface area contributed by atoms with Crippen molar-refractivity contribution in [3.05, 3.63) is 58.4 Å². The van der Waals surface area contributed by atoms with Crippen LogP contribution in [0.1, 0.15) is 52.0 Å². The van der Waals surface area contributed by atoms with E-state index in [4.69, 9.17) is 0 Å². The number of H-pyrrole nitrogens is 1. The second kappa shape index (κ2) is 7.66. The molecule has 1 amide bonds. The average Bonchev–Trinajstić information content (AvgIpc) is 3.01. The summed E-state index contributed by atoms with van der Waals surface area (Å²) in [6.07, 6.45) is 5.34. The molecule has 5 nitrogen and oxygen atoms in total. The van der Waals surface area contributed by atoms with E-state index in [1.54, 1.807) is 6.20 Å². The fraction of sp³-hybridized carbons (Fsp3) is 0.391. The van der Waals surface area contributed by atoms with Crippen LogP contribution in [0.2, 0.25) is 0 Å². The van der Waals surface area contributed by atoms with Crippen molar-refractivity contribution >= 4 is 22.6 Å². The third-order valence-corrected chi connectivity index (χ3v) is 5.77. The molecule has 4 rings (SSSR count). The number of pyridine rings is 1. The molecule has 1 aliphatic rings. The zero-order valence-electron chi connectivity index (χ0n) is 16.9. The number of rotatable bonds is 4. The van der Waals surface area contributed by atoms with Crippen LogP contribution in [0, 0.1) is 20.8 Å². The lowest BCUT2D eigenvalue weighted by Gasteiger charge is -2.29. The molecule has 0 unspecified atom stereocenters. The molecule has 2 aromatic heterocycles. The largest absolute Gasteiger partial charge is 0.358 e. The van der Waals surface area contributed by atoms with Gasteiger partial charge in [-0.25, -0.2) is 4.98 Å². The van der Waals surface area contributed by atoms with Gasteiger partial charge in [-0.2, -0.15) is 0 Å². The van der Waals surface area contributed by atoms with E-state index in [0.717, 1.165) is 42.8 Å². The summed E-state index contributed by atoms with van der Waals surface area (Å²) >= 11 is 0. The Morgan fingerprint density at radius 1 is 1.18 bits per heavy atom. The number of carbonyl (C=O) groups is 1. The summed E-state index contributed by atoms with van der Waals surface area (Å²) < 4.78 is 0. The fourth-order valence-electron chi connectivity index (χ4n) is 4.13. The fourth-order valence-corrected chi connectivity index (χ4v) is 4.13. The Morgan fingerprint density at radius 2 is 1.96 bits per heavy atom. The number of carbonyl (C=O) groups excluding carboxylic acids is 1. The summed E-state index contributed by atoms with van der Waals surface area (Å²) in [4.78, 5) is 23.2. The standard InChI is InChI=1S/C23H28N4O/c1-15-12-18(21-20(13-15)16(2)17(3)26-21)14-25-23(28)19-8-7-9-24-22(19)27-10-5-4-6-11-27/h7-9,12-13,26H,4-6,10-11,14H2,1-3H3,(H,25,28). The van der Waals surface area contributed by atoms with E-state index in [-0.39, 0.29) is 5.91 Å². The van der Waals surface area contributed by atoms with Gasteiger partial charge in [0.25, 0.3) is 5.91 Å². The smallest absolute Gasteiger partial charge is 0.255 e. The maximum absolute atomic E-state index is 13.0. The first-order chi connectivity index (χ1) is 13.5. The molecule has 28 heavy (non-hydrogen) atoms. The molecule has 0 radical (unpaired) electrons. The zero-order valence-corrected chi connectivity index (χ0v) is 16.9. The summed E-state index contributed by atoms with van der Waals surface area (Å²) in [5.41, 5.74) is 6.53. The maximum atomic E-state index is 13.0. The van der Waals surface area contributed by atoms with Crippen LogP contribution in [0.5, 0.6) is 0 Å². The van der Waals surface area contributed by atoms with Gasteiger partial charge in [-0.1, -0.05) is 11.6 Å². The molecule has 1 saturated heterocycles. The van der Waals surface area contributed by atoms with Crippen LogP contribution in [0.15, 0.2) is 30.5 Å². The minimum Gasteiger partial charge on any atom is -0.358 e. The minimum absolute atomic E-state index is 0.0664. The normalized spacial score (nSPS) is 14.5. The van der Waals surface area contributed by atoms with Crippen LogP contribution < -0.4 is 10.2 Å². The molecule has 0 aliphatic carbocycles. The van der Waals surface area contributed by atoms with E-state index in [2.05, 4.69) is 53.1 Å². The highest BCUT2D eigenvalue weighted by atomic mass is 16.1. The molecule has 5 heteroatoms. The van der Waals surface area contributed by atoms with Crippen molar-refractivity contribution in [2.75, 3.05) is 18.0 Å². The monoisotopic (exact) mass is 376 g/mol. The van der Waals surface area contributed by atoms with Gasteiger partial charge in [0.05, 0.1) is 11.1 Å². The molecular formula is C23H28N4O. The number of fused-ring (bicyclic) bond motifs is 1. The van der Waals surface area contributed by atoms with E-state index in [1.165, 1.54) is 28.6 Å². The van der Waals surface area contributed by atoms with E-state index in [0.29, 0.717) is 12.1 Å². The number of aryl methyl sites for hydroxylation is 3. The van der Waals surface area contributed by atoms with Crippen molar-refractivity contribution in [2.45, 2.75) is 46.6 Å². The molecule has 1 aliphatic heterocycles. The van der Waals surface area contributed by atoms with Crippen molar-refractivity contribution in [3.8, 4) is 0 Å². The van der Waals surface area contributed by atoms with Crippen molar-refractivity contribution in [1.29, 1.82) is 0 Å². The summed E-state index contributed by atoms with van der Waals surface area (Å²) in [5.74, 6) is 0.740. The molecule has 1 aromatic carbocycles. The van der Waals surface area contributed by atoms with Crippen molar-refractivity contribution in [3.63, 3.8) is 0 Å². The summed E-state index contributed by atoms with van der Waals surface area (Å²) in [6.45, 7) is 8.75. The molecule has 0 atom stereocenters. The highest BCUT2D eigenvalue weighted by Gasteiger charge is 2.20. The Balaban J connectivity index is 1.57. The topological polar surface area (TPSA) is 61.0 Å². The van der Waals surface area contributed by atoms with Gasteiger partial charge in [-0.15, -0.1) is 0 Å². The molecule has 146 valence electrons. The van der Waals surface area contributed by atoms with Gasteiger partial charge < -0.3 is 15.2 Å². The molecular weight excluding hydrogens is 348 g/mol. The molecule has 0 bridgehead atoms. The predicted molar refractivity (Wildman–Crippen MR) is 114 cm³/mol. The van der Waals surface area contributed by atoms with E-state index >= 15 is 0 Å². The first kappa shape index (κ1) is 18.5. The van der Waals surface area contributed by atoms with Crippen LogP contribution in [0.3, 0.4) is 0 Å². The third-order valence-electron chi connectivity index (χ3n) is 5.77. The second-order valence-electron chi connectivity index (χ2n) is 7.83. The number of benzene rings is 1. The van der Waals surface area contributed by atoms with Gasteiger partial charge in [-0.3, -0.25) is 4.79 Å². The summed E-state index contributed by atoms with van der Waals surface area (Å²) in [7, 11) is 0. The van der Waals surface area contributed by atoms with Crippen LogP contribution in [0.25, 0.3) is 10.9 Å². The molecule has 3 aromatic rings.